The largest absolute Gasteiger partial charge is 0.481 e. The number of nitrogens with zero attached hydrogens (tertiary/aromatic N) is 3. The second-order valence-electron chi connectivity index (χ2n) is 9.07. The molecule has 1 saturated carbocycles. The summed E-state index contributed by atoms with van der Waals surface area (Å²) in [6.07, 6.45) is 2.89. The van der Waals surface area contributed by atoms with E-state index in [4.69, 9.17) is 5.11 Å². The third kappa shape index (κ3) is 6.36. The Morgan fingerprint density at radius 3 is 2.51 bits per heavy atom. The van der Waals surface area contributed by atoms with Gasteiger partial charge in [-0.2, -0.15) is 0 Å². The molecule has 0 amide bonds. The zero-order valence-electron chi connectivity index (χ0n) is 19.4. The summed E-state index contributed by atoms with van der Waals surface area (Å²) >= 11 is 0. The molecule has 184 valence electrons. The highest BCUT2D eigenvalue weighted by molar-refractivity contribution is 5.70. The molecule has 35 heavy (non-hydrogen) atoms. The molecule has 3 N–H and O–H groups in total. The number of rotatable bonds is 8. The third-order valence-electron chi connectivity index (χ3n) is 6.47. The van der Waals surface area contributed by atoms with Gasteiger partial charge < -0.3 is 15.5 Å². The van der Waals surface area contributed by atoms with Gasteiger partial charge in [-0.25, -0.2) is 18.7 Å². The van der Waals surface area contributed by atoms with E-state index < -0.39 is 18.5 Å². The van der Waals surface area contributed by atoms with Gasteiger partial charge in [-0.05, 0) is 80.5 Å². The van der Waals surface area contributed by atoms with Crippen molar-refractivity contribution in [1.29, 1.82) is 0 Å². The number of carbonyl (C=O) groups is 1. The van der Waals surface area contributed by atoms with Crippen LogP contribution in [0.3, 0.4) is 0 Å². The molecule has 3 aromatic heterocycles. The van der Waals surface area contributed by atoms with Crippen molar-refractivity contribution in [1.82, 2.24) is 15.0 Å². The Labute approximate surface area is 202 Å². The highest BCUT2D eigenvalue weighted by atomic mass is 19.3. The molecular weight excluding hydrogens is 454 g/mol. The Hall–Kier alpha value is -3.46. The van der Waals surface area contributed by atoms with E-state index in [2.05, 4.69) is 20.3 Å². The van der Waals surface area contributed by atoms with Gasteiger partial charge in [-0.3, -0.25) is 9.78 Å². The summed E-state index contributed by atoms with van der Waals surface area (Å²) in [4.78, 5) is 24.3. The maximum Gasteiger partial charge on any atom is 0.306 e. The lowest BCUT2D eigenvalue weighted by Crippen LogP contribution is -2.30. The molecule has 9 heteroatoms. The maximum absolute atomic E-state index is 13.0. The average Bonchev–Trinajstić information content (AvgIpc) is 2.84. The number of hydrogen-bond acceptors (Lipinski definition) is 6. The van der Waals surface area contributed by atoms with Crippen LogP contribution in [-0.4, -0.2) is 37.2 Å². The molecule has 1 unspecified atom stereocenters. The van der Waals surface area contributed by atoms with E-state index in [1.165, 1.54) is 18.3 Å². The topological polar surface area (TPSA) is 108 Å². The lowest BCUT2D eigenvalue weighted by Gasteiger charge is -2.29. The molecule has 3 heterocycles. The Kier molecular flexibility index (Phi) is 7.65. The van der Waals surface area contributed by atoms with Crippen molar-refractivity contribution in [2.75, 3.05) is 5.32 Å². The summed E-state index contributed by atoms with van der Waals surface area (Å²) in [7, 11) is 0. The molecule has 0 aromatic carbocycles. The van der Waals surface area contributed by atoms with Crippen LogP contribution in [0.1, 0.15) is 48.9 Å². The van der Waals surface area contributed by atoms with E-state index in [-0.39, 0.29) is 23.2 Å². The van der Waals surface area contributed by atoms with Crippen molar-refractivity contribution >= 4 is 17.6 Å². The molecule has 1 atom stereocenters. The van der Waals surface area contributed by atoms with E-state index in [1.807, 2.05) is 25.1 Å². The van der Waals surface area contributed by atoms with E-state index in [9.17, 15) is 18.7 Å². The molecule has 1 fully saturated rings. The molecule has 1 aliphatic rings. The van der Waals surface area contributed by atoms with Gasteiger partial charge in [0.05, 0.1) is 17.7 Å². The molecule has 0 bridgehead atoms. The number of aromatic nitrogens is 3. The number of halogens is 2. The molecule has 0 aliphatic heterocycles. The summed E-state index contributed by atoms with van der Waals surface area (Å²) in [6, 6.07) is 10.0. The van der Waals surface area contributed by atoms with Crippen LogP contribution in [0.25, 0.3) is 11.3 Å². The summed E-state index contributed by atoms with van der Waals surface area (Å²) < 4.78 is 26.0. The first-order valence-electron chi connectivity index (χ1n) is 11.6. The van der Waals surface area contributed by atoms with Crippen LogP contribution in [-0.2, 0) is 11.2 Å². The predicted octanol–water partition coefficient (Wildman–Crippen LogP) is 5.32. The molecule has 0 saturated heterocycles. The number of aliphatic hydroxyl groups excluding tert-OH is 1. The monoisotopic (exact) mass is 482 g/mol. The quantitative estimate of drug-likeness (QED) is 0.399. The number of nitrogens with one attached hydrogen (secondary N) is 1. The number of alkyl halides is 2. The first-order chi connectivity index (χ1) is 16.8. The number of pyridine rings is 3. The normalized spacial score (nSPS) is 18.9. The van der Waals surface area contributed by atoms with Gasteiger partial charge in [0.2, 0.25) is 0 Å². The van der Waals surface area contributed by atoms with E-state index in [1.54, 1.807) is 12.3 Å². The number of aliphatic hydroxyl groups is 1. The van der Waals surface area contributed by atoms with Gasteiger partial charge in [0.25, 0.3) is 6.43 Å². The maximum atomic E-state index is 13.0. The Morgan fingerprint density at radius 1 is 1.09 bits per heavy atom. The Balaban J connectivity index is 1.42. The van der Waals surface area contributed by atoms with Crippen molar-refractivity contribution in [3.8, 4) is 11.3 Å². The SMILES string of the molecule is Cc1cc(Nc2cc(C(F)F)ccn2)nc(-c2ccc(CC(O)C3CCC(C(=O)O)CC3)nc2)c1. The van der Waals surface area contributed by atoms with Gasteiger partial charge in [0.1, 0.15) is 11.6 Å². The minimum absolute atomic E-state index is 0.0799. The highest BCUT2D eigenvalue weighted by Crippen LogP contribution is 2.32. The number of aryl methyl sites for hydroxylation is 1. The lowest BCUT2D eigenvalue weighted by molar-refractivity contribution is -0.143. The summed E-state index contributed by atoms with van der Waals surface area (Å²) in [5.41, 5.74) is 3.02. The van der Waals surface area contributed by atoms with E-state index >= 15 is 0 Å². The molecule has 0 spiro atoms. The third-order valence-corrected chi connectivity index (χ3v) is 6.47. The van der Waals surface area contributed by atoms with Gasteiger partial charge in [-0.15, -0.1) is 0 Å². The number of hydrogen-bond donors (Lipinski definition) is 3. The molecule has 0 radical (unpaired) electrons. The van der Waals surface area contributed by atoms with Gasteiger partial charge in [0.15, 0.2) is 0 Å². The van der Waals surface area contributed by atoms with Crippen molar-refractivity contribution in [2.45, 2.75) is 51.6 Å². The van der Waals surface area contributed by atoms with Crippen LogP contribution in [0.5, 0.6) is 0 Å². The predicted molar refractivity (Wildman–Crippen MR) is 127 cm³/mol. The minimum Gasteiger partial charge on any atom is -0.481 e. The van der Waals surface area contributed by atoms with Crippen molar-refractivity contribution in [3.05, 3.63) is 65.6 Å². The van der Waals surface area contributed by atoms with Crippen molar-refractivity contribution < 1.29 is 23.8 Å². The zero-order valence-corrected chi connectivity index (χ0v) is 19.4. The van der Waals surface area contributed by atoms with Gasteiger partial charge in [0, 0.05) is 35.6 Å². The van der Waals surface area contributed by atoms with Crippen LogP contribution in [0.2, 0.25) is 0 Å². The fourth-order valence-electron chi connectivity index (χ4n) is 4.49. The molecule has 4 rings (SSSR count). The van der Waals surface area contributed by atoms with Gasteiger partial charge in [-0.1, -0.05) is 0 Å². The highest BCUT2D eigenvalue weighted by Gasteiger charge is 2.30. The fraction of sp³-hybridized carbons (Fsp3) is 0.385. The Bertz CT molecular complexity index is 1170. The van der Waals surface area contributed by atoms with Crippen molar-refractivity contribution in [2.24, 2.45) is 11.8 Å². The summed E-state index contributed by atoms with van der Waals surface area (Å²) in [6.45, 7) is 1.91. The second kappa shape index (κ2) is 10.9. The summed E-state index contributed by atoms with van der Waals surface area (Å²) in [5, 5.41) is 22.8. The lowest BCUT2D eigenvalue weighted by atomic mass is 9.78. The zero-order chi connectivity index (χ0) is 24.9. The number of aliphatic carboxylic acids is 1. The van der Waals surface area contributed by atoms with Crippen LogP contribution < -0.4 is 5.32 Å². The number of carboxylic acids is 1. The van der Waals surface area contributed by atoms with Crippen LogP contribution in [0, 0.1) is 18.8 Å². The molecular formula is C26H28F2N4O3. The fourth-order valence-corrected chi connectivity index (χ4v) is 4.49. The van der Waals surface area contributed by atoms with Crippen LogP contribution in [0.4, 0.5) is 20.4 Å². The second-order valence-corrected chi connectivity index (χ2v) is 9.07. The molecule has 3 aromatic rings. The smallest absolute Gasteiger partial charge is 0.306 e. The number of anilines is 2. The Morgan fingerprint density at radius 2 is 1.86 bits per heavy atom. The standard InChI is InChI=1S/C26H28F2N4O3/c1-15-10-21(31-24(11-15)32-23-12-18(25(27)28)8-9-29-23)19-6-7-20(30-14-19)13-22(33)16-2-4-17(5-3-16)26(34)35/h6-12,14,16-17,22,25,33H,2-5,13H2,1H3,(H,34,35)(H,29,31,32). The average molecular weight is 483 g/mol. The van der Waals surface area contributed by atoms with Crippen LogP contribution in [0.15, 0.2) is 48.8 Å². The first kappa shape index (κ1) is 24.7. The van der Waals surface area contributed by atoms with E-state index in [0.29, 0.717) is 43.6 Å². The van der Waals surface area contributed by atoms with Crippen LogP contribution >= 0.6 is 0 Å². The first-order valence-corrected chi connectivity index (χ1v) is 11.6. The summed E-state index contributed by atoms with van der Waals surface area (Å²) in [5.74, 6) is -0.212. The number of carboxylic acid groups (broad SMARTS) is 1. The van der Waals surface area contributed by atoms with Gasteiger partial charge >= 0.3 is 5.97 Å². The molecule has 1 aliphatic carbocycles. The van der Waals surface area contributed by atoms with E-state index in [0.717, 1.165) is 16.8 Å². The minimum atomic E-state index is -2.58. The van der Waals surface area contributed by atoms with Crippen molar-refractivity contribution in [3.63, 3.8) is 0 Å². The molecule has 7 nitrogen and oxygen atoms in total.